The molecule has 1 aromatic carbocycles. The summed E-state index contributed by atoms with van der Waals surface area (Å²) >= 11 is 11.2. The standard InChI is InChI=1S/C14H14ClN3O2S/c1-19-11-6-5-9(8-12(11)20-2)17-14(21)18-10-4-3-7-16-13(10)15/h3-8H,1-2H3,(H2,17,18,21). The van der Waals surface area contributed by atoms with Gasteiger partial charge in [-0.2, -0.15) is 0 Å². The Labute approximate surface area is 133 Å². The van der Waals surface area contributed by atoms with Gasteiger partial charge in [-0.15, -0.1) is 0 Å². The summed E-state index contributed by atoms with van der Waals surface area (Å²) in [6, 6.07) is 8.98. The molecule has 0 aliphatic heterocycles. The van der Waals surface area contributed by atoms with Crippen LogP contribution in [0.2, 0.25) is 5.15 Å². The van der Waals surface area contributed by atoms with Crippen molar-refractivity contribution in [2.45, 2.75) is 0 Å². The van der Waals surface area contributed by atoms with Crippen molar-refractivity contribution >= 4 is 40.3 Å². The molecule has 0 unspecified atom stereocenters. The maximum Gasteiger partial charge on any atom is 0.175 e. The smallest absolute Gasteiger partial charge is 0.175 e. The summed E-state index contributed by atoms with van der Waals surface area (Å²) < 4.78 is 10.4. The molecule has 0 atom stereocenters. The molecule has 21 heavy (non-hydrogen) atoms. The minimum Gasteiger partial charge on any atom is -0.493 e. The fraction of sp³-hybridized carbons (Fsp3) is 0.143. The van der Waals surface area contributed by atoms with E-state index in [9.17, 15) is 0 Å². The zero-order chi connectivity index (χ0) is 15.2. The summed E-state index contributed by atoms with van der Waals surface area (Å²) in [7, 11) is 3.16. The summed E-state index contributed by atoms with van der Waals surface area (Å²) in [5.74, 6) is 1.27. The Kier molecular flexibility index (Phi) is 5.19. The Morgan fingerprint density at radius 2 is 1.90 bits per heavy atom. The molecule has 0 radical (unpaired) electrons. The molecule has 5 nitrogen and oxygen atoms in total. The predicted octanol–water partition coefficient (Wildman–Crippen LogP) is 3.56. The molecule has 0 spiro atoms. The van der Waals surface area contributed by atoms with Crippen molar-refractivity contribution in [3.05, 3.63) is 41.7 Å². The van der Waals surface area contributed by atoms with E-state index >= 15 is 0 Å². The van der Waals surface area contributed by atoms with E-state index in [0.29, 0.717) is 27.5 Å². The fourth-order valence-corrected chi connectivity index (χ4v) is 2.07. The zero-order valence-electron chi connectivity index (χ0n) is 11.5. The second-order valence-electron chi connectivity index (χ2n) is 3.99. The highest BCUT2D eigenvalue weighted by Crippen LogP contribution is 2.29. The molecule has 0 amide bonds. The molecular weight excluding hydrogens is 310 g/mol. The van der Waals surface area contributed by atoms with Crippen LogP contribution >= 0.6 is 23.8 Å². The van der Waals surface area contributed by atoms with E-state index in [4.69, 9.17) is 33.3 Å². The van der Waals surface area contributed by atoms with Crippen molar-refractivity contribution in [3.8, 4) is 11.5 Å². The van der Waals surface area contributed by atoms with Crippen molar-refractivity contribution in [1.82, 2.24) is 4.98 Å². The van der Waals surface area contributed by atoms with E-state index in [0.717, 1.165) is 5.69 Å². The van der Waals surface area contributed by atoms with Crippen LogP contribution in [0, 0.1) is 0 Å². The zero-order valence-corrected chi connectivity index (χ0v) is 13.1. The van der Waals surface area contributed by atoms with Gasteiger partial charge in [0.05, 0.1) is 19.9 Å². The van der Waals surface area contributed by atoms with Crippen molar-refractivity contribution < 1.29 is 9.47 Å². The highest BCUT2D eigenvalue weighted by molar-refractivity contribution is 7.80. The van der Waals surface area contributed by atoms with Gasteiger partial charge in [0, 0.05) is 18.0 Å². The average Bonchev–Trinajstić information content (AvgIpc) is 2.49. The average molecular weight is 324 g/mol. The van der Waals surface area contributed by atoms with Gasteiger partial charge >= 0.3 is 0 Å². The maximum absolute atomic E-state index is 5.96. The van der Waals surface area contributed by atoms with Crippen molar-refractivity contribution in [2.75, 3.05) is 24.9 Å². The van der Waals surface area contributed by atoms with Crippen LogP contribution in [-0.2, 0) is 0 Å². The number of aromatic nitrogens is 1. The number of ether oxygens (including phenoxy) is 2. The van der Waals surface area contributed by atoms with Crippen LogP contribution in [0.5, 0.6) is 11.5 Å². The van der Waals surface area contributed by atoms with Crippen LogP contribution in [0.4, 0.5) is 11.4 Å². The van der Waals surface area contributed by atoms with Crippen LogP contribution in [0.15, 0.2) is 36.5 Å². The molecule has 110 valence electrons. The summed E-state index contributed by atoms with van der Waals surface area (Å²) in [5.41, 5.74) is 1.40. The SMILES string of the molecule is COc1ccc(NC(=S)Nc2cccnc2Cl)cc1OC. The fourth-order valence-electron chi connectivity index (χ4n) is 1.68. The molecule has 2 aromatic rings. The number of anilines is 2. The van der Waals surface area contributed by atoms with Gasteiger partial charge in [0.15, 0.2) is 21.8 Å². The molecule has 0 fully saturated rings. The summed E-state index contributed by atoms with van der Waals surface area (Å²) in [5, 5.41) is 6.78. The molecule has 0 aliphatic carbocycles. The minimum absolute atomic E-state index is 0.356. The van der Waals surface area contributed by atoms with Crippen molar-refractivity contribution in [2.24, 2.45) is 0 Å². The number of nitrogens with zero attached hydrogens (tertiary/aromatic N) is 1. The number of thiocarbonyl (C=S) groups is 1. The predicted molar refractivity (Wildman–Crippen MR) is 88.6 cm³/mol. The monoisotopic (exact) mass is 323 g/mol. The van der Waals surface area contributed by atoms with Crippen molar-refractivity contribution in [1.29, 1.82) is 0 Å². The molecule has 2 N–H and O–H groups in total. The third-order valence-electron chi connectivity index (χ3n) is 2.65. The first-order valence-electron chi connectivity index (χ1n) is 6.04. The quantitative estimate of drug-likeness (QED) is 0.663. The van der Waals surface area contributed by atoms with Gasteiger partial charge in [0.1, 0.15) is 0 Å². The molecule has 2 rings (SSSR count). The number of halogens is 1. The second-order valence-corrected chi connectivity index (χ2v) is 4.76. The lowest BCUT2D eigenvalue weighted by molar-refractivity contribution is 0.355. The summed E-state index contributed by atoms with van der Waals surface area (Å²) in [6.07, 6.45) is 1.61. The second kappa shape index (κ2) is 7.10. The van der Waals surface area contributed by atoms with Crippen LogP contribution < -0.4 is 20.1 Å². The van der Waals surface area contributed by atoms with Crippen molar-refractivity contribution in [3.63, 3.8) is 0 Å². The topological polar surface area (TPSA) is 55.4 Å². The van der Waals surface area contributed by atoms with Crippen LogP contribution in [0.3, 0.4) is 0 Å². The van der Waals surface area contributed by atoms with Gasteiger partial charge in [0.2, 0.25) is 0 Å². The largest absolute Gasteiger partial charge is 0.493 e. The Morgan fingerprint density at radius 1 is 1.14 bits per heavy atom. The molecule has 0 bridgehead atoms. The van der Waals surface area contributed by atoms with E-state index in [1.165, 1.54) is 0 Å². The molecule has 0 aliphatic rings. The van der Waals surface area contributed by atoms with E-state index in [1.807, 2.05) is 6.07 Å². The van der Waals surface area contributed by atoms with E-state index < -0.39 is 0 Å². The number of hydrogen-bond acceptors (Lipinski definition) is 4. The lowest BCUT2D eigenvalue weighted by atomic mass is 10.3. The van der Waals surface area contributed by atoms with Gasteiger partial charge < -0.3 is 20.1 Å². The normalized spacial score (nSPS) is 9.86. The van der Waals surface area contributed by atoms with E-state index in [-0.39, 0.29) is 0 Å². The Morgan fingerprint density at radius 3 is 2.57 bits per heavy atom. The highest BCUT2D eigenvalue weighted by atomic mass is 35.5. The van der Waals surface area contributed by atoms with Crippen LogP contribution in [-0.4, -0.2) is 24.3 Å². The number of rotatable bonds is 4. The number of hydrogen-bond donors (Lipinski definition) is 2. The number of nitrogens with one attached hydrogen (secondary N) is 2. The molecule has 7 heteroatoms. The van der Waals surface area contributed by atoms with Gasteiger partial charge in [-0.25, -0.2) is 4.98 Å². The van der Waals surface area contributed by atoms with E-state index in [1.54, 1.807) is 44.7 Å². The molecule has 1 heterocycles. The van der Waals surface area contributed by atoms with Gasteiger partial charge in [-0.05, 0) is 36.5 Å². The van der Waals surface area contributed by atoms with Gasteiger partial charge in [0.25, 0.3) is 0 Å². The minimum atomic E-state index is 0.356. The first-order valence-corrected chi connectivity index (χ1v) is 6.83. The number of pyridine rings is 1. The van der Waals surface area contributed by atoms with E-state index in [2.05, 4.69) is 15.6 Å². The Balaban J connectivity index is 2.08. The lowest BCUT2D eigenvalue weighted by Crippen LogP contribution is -2.19. The Hall–Kier alpha value is -2.05. The maximum atomic E-state index is 5.96. The van der Waals surface area contributed by atoms with Crippen LogP contribution in [0.1, 0.15) is 0 Å². The Bertz CT molecular complexity index is 652. The third kappa shape index (κ3) is 3.96. The van der Waals surface area contributed by atoms with Gasteiger partial charge in [-0.1, -0.05) is 11.6 Å². The third-order valence-corrected chi connectivity index (χ3v) is 3.15. The molecule has 0 saturated heterocycles. The van der Waals surface area contributed by atoms with Crippen LogP contribution in [0.25, 0.3) is 0 Å². The summed E-state index contributed by atoms with van der Waals surface area (Å²) in [6.45, 7) is 0. The highest BCUT2D eigenvalue weighted by Gasteiger charge is 2.07. The summed E-state index contributed by atoms with van der Waals surface area (Å²) in [4.78, 5) is 3.97. The first-order chi connectivity index (χ1) is 10.1. The number of methoxy groups -OCH3 is 2. The first kappa shape index (κ1) is 15.3. The number of benzene rings is 1. The molecular formula is C14H14ClN3O2S. The lowest BCUT2D eigenvalue weighted by Gasteiger charge is -2.13. The molecule has 1 aromatic heterocycles. The van der Waals surface area contributed by atoms with Gasteiger partial charge in [-0.3, -0.25) is 0 Å². The molecule has 0 saturated carbocycles.